The van der Waals surface area contributed by atoms with Crippen LogP contribution in [0.1, 0.15) is 16.1 Å². The zero-order chi connectivity index (χ0) is 12.1. The van der Waals surface area contributed by atoms with E-state index in [2.05, 4.69) is 4.74 Å². The molecule has 0 bridgehead atoms. The van der Waals surface area contributed by atoms with Crippen LogP contribution in [0.5, 0.6) is 0 Å². The normalized spacial score (nSPS) is 9.94. The maximum absolute atomic E-state index is 11.8. The number of carbonyl (C=O) groups excluding carboxylic acids is 2. The van der Waals surface area contributed by atoms with Crippen LogP contribution in [0.3, 0.4) is 0 Å². The van der Waals surface area contributed by atoms with Gasteiger partial charge in [-0.25, -0.2) is 0 Å². The number of nitrogens with zero attached hydrogens (tertiary/aromatic N) is 1. The summed E-state index contributed by atoms with van der Waals surface area (Å²) in [5.41, 5.74) is 0. The lowest BCUT2D eigenvalue weighted by atomic mass is 10.3. The zero-order valence-electron chi connectivity index (χ0n) is 9.03. The summed E-state index contributed by atoms with van der Waals surface area (Å²) in [7, 11) is 2.96. The van der Waals surface area contributed by atoms with Gasteiger partial charge in [0.25, 0.3) is 5.91 Å². The van der Waals surface area contributed by atoms with Gasteiger partial charge >= 0.3 is 5.97 Å². The van der Waals surface area contributed by atoms with Crippen LogP contribution in [0.15, 0.2) is 12.1 Å². The van der Waals surface area contributed by atoms with Crippen molar-refractivity contribution in [2.45, 2.75) is 6.42 Å². The number of carbonyl (C=O) groups is 2. The first-order valence-electron chi connectivity index (χ1n) is 4.62. The molecule has 1 rings (SSSR count). The molecule has 0 unspecified atom stereocenters. The fourth-order valence-corrected chi connectivity index (χ4v) is 2.12. The highest BCUT2D eigenvalue weighted by molar-refractivity contribution is 7.17. The first-order valence-corrected chi connectivity index (χ1v) is 5.81. The van der Waals surface area contributed by atoms with Crippen LogP contribution in [-0.2, 0) is 9.53 Å². The summed E-state index contributed by atoms with van der Waals surface area (Å²) in [6, 6.07) is 3.34. The Kier molecular flexibility index (Phi) is 4.76. The molecule has 0 aliphatic heterocycles. The molecular weight excluding hydrogens is 250 g/mol. The molecule has 16 heavy (non-hydrogen) atoms. The second-order valence-corrected chi connectivity index (χ2v) is 4.87. The summed E-state index contributed by atoms with van der Waals surface area (Å²) in [5, 5.41) is 0. The van der Waals surface area contributed by atoms with Gasteiger partial charge in [-0.15, -0.1) is 11.3 Å². The summed E-state index contributed by atoms with van der Waals surface area (Å²) in [4.78, 5) is 24.7. The quantitative estimate of drug-likeness (QED) is 0.780. The second kappa shape index (κ2) is 5.86. The molecule has 0 saturated carbocycles. The van der Waals surface area contributed by atoms with Crippen molar-refractivity contribution < 1.29 is 14.3 Å². The van der Waals surface area contributed by atoms with Crippen molar-refractivity contribution in [2.24, 2.45) is 0 Å². The number of methoxy groups -OCH3 is 1. The van der Waals surface area contributed by atoms with Crippen molar-refractivity contribution in [1.82, 2.24) is 4.90 Å². The smallest absolute Gasteiger partial charge is 0.307 e. The van der Waals surface area contributed by atoms with E-state index < -0.39 is 0 Å². The van der Waals surface area contributed by atoms with Crippen molar-refractivity contribution in [3.8, 4) is 0 Å². The molecule has 1 aromatic heterocycles. The number of thiophene rings is 1. The van der Waals surface area contributed by atoms with Gasteiger partial charge in [-0.1, -0.05) is 11.6 Å². The molecule has 1 amide bonds. The van der Waals surface area contributed by atoms with Gasteiger partial charge in [0.1, 0.15) is 0 Å². The number of esters is 1. The molecule has 0 fully saturated rings. The van der Waals surface area contributed by atoms with Crippen molar-refractivity contribution >= 4 is 34.8 Å². The van der Waals surface area contributed by atoms with Gasteiger partial charge in [0.15, 0.2) is 0 Å². The van der Waals surface area contributed by atoms with Gasteiger partial charge in [0, 0.05) is 13.6 Å². The molecule has 4 nitrogen and oxygen atoms in total. The number of rotatable bonds is 4. The minimum absolute atomic E-state index is 0.138. The van der Waals surface area contributed by atoms with Crippen molar-refractivity contribution in [3.05, 3.63) is 21.3 Å². The van der Waals surface area contributed by atoms with Crippen molar-refractivity contribution in [1.29, 1.82) is 0 Å². The van der Waals surface area contributed by atoms with E-state index in [4.69, 9.17) is 11.6 Å². The monoisotopic (exact) mass is 261 g/mol. The van der Waals surface area contributed by atoms with Crippen molar-refractivity contribution in [2.75, 3.05) is 20.7 Å². The van der Waals surface area contributed by atoms with E-state index in [1.54, 1.807) is 19.2 Å². The first-order chi connectivity index (χ1) is 7.54. The molecule has 0 aromatic carbocycles. The Labute approximate surface area is 103 Å². The van der Waals surface area contributed by atoms with E-state index >= 15 is 0 Å². The van der Waals surface area contributed by atoms with Gasteiger partial charge in [-0.05, 0) is 12.1 Å². The first kappa shape index (κ1) is 13.0. The topological polar surface area (TPSA) is 46.6 Å². The van der Waals surface area contributed by atoms with Crippen LogP contribution in [0.2, 0.25) is 4.34 Å². The van der Waals surface area contributed by atoms with E-state index in [1.165, 1.54) is 23.3 Å². The Morgan fingerprint density at radius 1 is 1.50 bits per heavy atom. The molecule has 0 saturated heterocycles. The van der Waals surface area contributed by atoms with Gasteiger partial charge in [0.05, 0.1) is 22.7 Å². The summed E-state index contributed by atoms with van der Waals surface area (Å²) in [6.45, 7) is 0.334. The summed E-state index contributed by atoms with van der Waals surface area (Å²) < 4.78 is 5.07. The molecule has 0 aliphatic rings. The lowest BCUT2D eigenvalue weighted by molar-refractivity contribution is -0.140. The molecule has 1 heterocycles. The van der Waals surface area contributed by atoms with Gasteiger partial charge in [-0.3, -0.25) is 9.59 Å². The molecule has 0 aliphatic carbocycles. The third-order valence-electron chi connectivity index (χ3n) is 2.01. The maximum Gasteiger partial charge on any atom is 0.307 e. The van der Waals surface area contributed by atoms with Gasteiger partial charge in [0.2, 0.25) is 0 Å². The largest absolute Gasteiger partial charge is 0.469 e. The van der Waals surface area contributed by atoms with Gasteiger partial charge < -0.3 is 9.64 Å². The highest BCUT2D eigenvalue weighted by Crippen LogP contribution is 2.22. The third kappa shape index (κ3) is 3.50. The number of halogens is 1. The van der Waals surface area contributed by atoms with E-state index in [9.17, 15) is 9.59 Å². The van der Waals surface area contributed by atoms with E-state index in [0.29, 0.717) is 15.8 Å². The Bertz CT molecular complexity index is 391. The molecule has 0 radical (unpaired) electrons. The Morgan fingerprint density at radius 2 is 2.19 bits per heavy atom. The minimum Gasteiger partial charge on any atom is -0.469 e. The predicted octanol–water partition coefficient (Wildman–Crippen LogP) is 2.04. The number of ether oxygens (including phenoxy) is 1. The molecule has 0 atom stereocenters. The minimum atomic E-state index is -0.330. The van der Waals surface area contributed by atoms with Crippen LogP contribution < -0.4 is 0 Å². The average molecular weight is 262 g/mol. The van der Waals surface area contributed by atoms with Crippen LogP contribution >= 0.6 is 22.9 Å². The molecule has 0 N–H and O–H groups in total. The maximum atomic E-state index is 11.8. The lowest BCUT2D eigenvalue weighted by Gasteiger charge is -2.14. The Hall–Kier alpha value is -1.07. The summed E-state index contributed by atoms with van der Waals surface area (Å²) in [6.07, 6.45) is 0.192. The Balaban J connectivity index is 2.51. The molecule has 88 valence electrons. The fourth-order valence-electron chi connectivity index (χ4n) is 1.08. The molecule has 1 aromatic rings. The molecule has 6 heteroatoms. The Morgan fingerprint density at radius 3 is 2.69 bits per heavy atom. The second-order valence-electron chi connectivity index (χ2n) is 3.16. The number of hydrogen-bond acceptors (Lipinski definition) is 4. The average Bonchev–Trinajstić information content (AvgIpc) is 2.71. The fraction of sp³-hybridized carbons (Fsp3) is 0.400. The third-order valence-corrected chi connectivity index (χ3v) is 3.23. The summed E-state index contributed by atoms with van der Waals surface area (Å²) >= 11 is 6.96. The van der Waals surface area contributed by atoms with Crippen LogP contribution in [-0.4, -0.2) is 37.5 Å². The van der Waals surface area contributed by atoms with Gasteiger partial charge in [-0.2, -0.15) is 0 Å². The lowest BCUT2D eigenvalue weighted by Crippen LogP contribution is -2.28. The SMILES string of the molecule is COC(=O)CCN(C)C(=O)c1ccc(Cl)s1. The highest BCUT2D eigenvalue weighted by atomic mass is 35.5. The van der Waals surface area contributed by atoms with Crippen LogP contribution in [0.25, 0.3) is 0 Å². The standard InChI is InChI=1S/C10H12ClNO3S/c1-12(6-5-9(13)15-2)10(14)7-3-4-8(11)16-7/h3-4H,5-6H2,1-2H3. The zero-order valence-corrected chi connectivity index (χ0v) is 10.6. The number of hydrogen-bond donors (Lipinski definition) is 0. The van der Waals surface area contributed by atoms with Crippen LogP contribution in [0.4, 0.5) is 0 Å². The van der Waals surface area contributed by atoms with E-state index in [0.717, 1.165) is 0 Å². The van der Waals surface area contributed by atoms with Crippen molar-refractivity contribution in [3.63, 3.8) is 0 Å². The van der Waals surface area contributed by atoms with E-state index in [1.807, 2.05) is 0 Å². The highest BCUT2D eigenvalue weighted by Gasteiger charge is 2.14. The summed E-state index contributed by atoms with van der Waals surface area (Å²) in [5.74, 6) is -0.468. The predicted molar refractivity (Wildman–Crippen MR) is 62.9 cm³/mol. The number of amides is 1. The molecule has 0 spiro atoms. The molecular formula is C10H12ClNO3S. The van der Waals surface area contributed by atoms with Crippen LogP contribution in [0, 0.1) is 0 Å². The van der Waals surface area contributed by atoms with E-state index in [-0.39, 0.29) is 18.3 Å².